The Balaban J connectivity index is 2.55. The van der Waals surface area contributed by atoms with E-state index in [2.05, 4.69) is 22.6 Å². The van der Waals surface area contributed by atoms with E-state index in [9.17, 15) is 4.79 Å². The molecule has 1 aliphatic carbocycles. The zero-order chi connectivity index (χ0) is 5.49. The van der Waals surface area contributed by atoms with E-state index in [1.807, 2.05) is 22.6 Å². The van der Waals surface area contributed by atoms with Gasteiger partial charge in [-0.15, -0.1) is 0 Å². The Kier molecular flexibility index (Phi) is 1.63. The minimum Gasteiger partial charge on any atom is -0.286 e. The number of carbonyl (C=O) groups excluding carboxylic acids is 1. The van der Waals surface area contributed by atoms with Crippen molar-refractivity contribution in [2.24, 2.45) is 0 Å². The first-order valence-corrected chi connectivity index (χ1v) is 4.20. The molecule has 0 bridgehead atoms. The molecule has 0 saturated heterocycles. The second-order valence-corrected chi connectivity index (χ2v) is 4.78. The molecule has 0 N–H and O–H groups in total. The summed E-state index contributed by atoms with van der Waals surface area (Å²) in [7, 11) is 0. The summed E-state index contributed by atoms with van der Waals surface area (Å²) < 4.78 is 0.379. The molecule has 0 heterocycles. The molecule has 0 aromatic rings. The fourth-order valence-electron chi connectivity index (χ4n) is 0.306. The summed E-state index contributed by atoms with van der Waals surface area (Å²) in [5, 5.41) is 0. The van der Waals surface area contributed by atoms with Crippen LogP contribution in [0, 0.1) is 0 Å². The lowest BCUT2D eigenvalue weighted by molar-refractivity contribution is -0.109. The highest BCUT2D eigenvalue weighted by atomic mass is 127. The third kappa shape index (κ3) is 1.28. The Morgan fingerprint density at radius 1 is 1.57 bits per heavy atom. The quantitative estimate of drug-likeness (QED) is 0.410. The predicted molar refractivity (Wildman–Crippen MR) is 45.0 cm³/mol. The van der Waals surface area contributed by atoms with Gasteiger partial charge in [-0.25, -0.2) is 0 Å². The lowest BCUT2D eigenvalue weighted by Gasteiger charge is -1.91. The van der Waals surface area contributed by atoms with Crippen LogP contribution in [0.25, 0.3) is 0 Å². The zero-order valence-corrected chi connectivity index (χ0v) is 7.89. The Labute approximate surface area is 69.5 Å². The van der Waals surface area contributed by atoms with Crippen LogP contribution in [0.2, 0.25) is 0 Å². The normalized spacial score (nSPS) is 24.3. The van der Waals surface area contributed by atoms with Crippen LogP contribution in [0.3, 0.4) is 0 Å². The van der Waals surface area contributed by atoms with Gasteiger partial charge in [0.1, 0.15) is 0 Å². The van der Waals surface area contributed by atoms with Crippen LogP contribution < -0.4 is 0 Å². The summed E-state index contributed by atoms with van der Waals surface area (Å²) in [4.78, 5) is 10.5. The minimum absolute atomic E-state index is 0.0678. The second kappa shape index (κ2) is 1.82. The highest BCUT2D eigenvalue weighted by Crippen LogP contribution is 2.47. The van der Waals surface area contributed by atoms with Gasteiger partial charge in [0, 0.05) is 22.6 Å². The molecule has 0 amide bonds. The zero-order valence-electron chi connectivity index (χ0n) is 3.58. The summed E-state index contributed by atoms with van der Waals surface area (Å²) in [6.45, 7) is 0. The fourth-order valence-corrected chi connectivity index (χ4v) is 1.12. The van der Waals surface area contributed by atoms with E-state index in [0.717, 1.165) is 12.8 Å². The standard InChI is InChI=1S/C4H4I2O/c5-3(7)4(6)1-2-4/h1-2H2. The molecule has 0 atom stereocenters. The number of carbonyl (C=O) groups is 1. The van der Waals surface area contributed by atoms with Crippen molar-refractivity contribution in [1.29, 1.82) is 0 Å². The van der Waals surface area contributed by atoms with E-state index in [4.69, 9.17) is 0 Å². The Morgan fingerprint density at radius 3 is 2.00 bits per heavy atom. The monoisotopic (exact) mass is 322 g/mol. The van der Waals surface area contributed by atoms with Gasteiger partial charge >= 0.3 is 0 Å². The molecule has 1 saturated carbocycles. The van der Waals surface area contributed by atoms with Crippen molar-refractivity contribution in [3.8, 4) is 0 Å². The largest absolute Gasteiger partial charge is 0.286 e. The van der Waals surface area contributed by atoms with E-state index in [-0.39, 0.29) is 3.42 Å². The van der Waals surface area contributed by atoms with Gasteiger partial charge in [0.15, 0.2) is 0 Å². The summed E-state index contributed by atoms with van der Waals surface area (Å²) in [6, 6.07) is 0. The lowest BCUT2D eigenvalue weighted by atomic mass is 10.5. The van der Waals surface area contributed by atoms with Crippen LogP contribution in [0.4, 0.5) is 0 Å². The lowest BCUT2D eigenvalue weighted by Crippen LogP contribution is -2.04. The molecular weight excluding hydrogens is 318 g/mol. The first-order valence-electron chi connectivity index (χ1n) is 2.04. The predicted octanol–water partition coefficient (Wildman–Crippen LogP) is 1.92. The van der Waals surface area contributed by atoms with Crippen LogP contribution in [-0.4, -0.2) is 7.21 Å². The number of halogens is 2. The summed E-state index contributed by atoms with van der Waals surface area (Å²) >= 11 is 4.09. The first kappa shape index (κ1) is 6.25. The Bertz CT molecular complexity index is 106. The number of rotatable bonds is 1. The van der Waals surface area contributed by atoms with Crippen LogP contribution in [0.5, 0.6) is 0 Å². The molecule has 1 rings (SSSR count). The van der Waals surface area contributed by atoms with Gasteiger partial charge in [-0.2, -0.15) is 0 Å². The maximum Gasteiger partial charge on any atom is 0.208 e. The maximum atomic E-state index is 10.5. The molecule has 7 heavy (non-hydrogen) atoms. The Morgan fingerprint density at radius 2 is 2.00 bits per heavy atom. The van der Waals surface area contributed by atoms with Crippen molar-refractivity contribution in [2.75, 3.05) is 0 Å². The number of alkyl halides is 1. The third-order valence-corrected chi connectivity index (χ3v) is 4.67. The average molecular weight is 322 g/mol. The summed E-state index contributed by atoms with van der Waals surface area (Å²) in [6.07, 6.45) is 2.19. The smallest absolute Gasteiger partial charge is 0.208 e. The van der Waals surface area contributed by atoms with Gasteiger partial charge in [-0.1, -0.05) is 22.6 Å². The molecule has 0 unspecified atom stereocenters. The molecule has 40 valence electrons. The van der Waals surface area contributed by atoms with E-state index in [0.29, 0.717) is 3.79 Å². The summed E-state index contributed by atoms with van der Waals surface area (Å²) in [5.41, 5.74) is 0. The van der Waals surface area contributed by atoms with Gasteiger partial charge in [0.25, 0.3) is 0 Å². The molecule has 1 aliphatic rings. The minimum atomic E-state index is 0.0678. The van der Waals surface area contributed by atoms with E-state index < -0.39 is 0 Å². The van der Waals surface area contributed by atoms with E-state index >= 15 is 0 Å². The van der Waals surface area contributed by atoms with Crippen LogP contribution in [0.1, 0.15) is 12.8 Å². The number of hydrogen-bond acceptors (Lipinski definition) is 1. The van der Waals surface area contributed by atoms with Crippen LogP contribution >= 0.6 is 45.2 Å². The molecule has 1 fully saturated rings. The van der Waals surface area contributed by atoms with Crippen molar-refractivity contribution in [3.05, 3.63) is 0 Å². The molecule has 0 aliphatic heterocycles. The van der Waals surface area contributed by atoms with E-state index in [1.54, 1.807) is 0 Å². The molecule has 0 radical (unpaired) electrons. The molecule has 0 aromatic carbocycles. The van der Waals surface area contributed by atoms with Gasteiger partial charge in [0.05, 0.1) is 3.42 Å². The average Bonchev–Trinajstić information content (AvgIpc) is 2.21. The molecule has 1 nitrogen and oxygen atoms in total. The van der Waals surface area contributed by atoms with Crippen molar-refractivity contribution in [1.82, 2.24) is 0 Å². The fraction of sp³-hybridized carbons (Fsp3) is 0.750. The van der Waals surface area contributed by atoms with Crippen molar-refractivity contribution in [2.45, 2.75) is 16.3 Å². The maximum absolute atomic E-state index is 10.5. The summed E-state index contributed by atoms with van der Waals surface area (Å²) in [5.74, 6) is 0. The topological polar surface area (TPSA) is 17.1 Å². The second-order valence-electron chi connectivity index (χ2n) is 1.74. The van der Waals surface area contributed by atoms with Gasteiger partial charge in [-0.05, 0) is 12.8 Å². The van der Waals surface area contributed by atoms with Crippen molar-refractivity contribution >= 4 is 49.0 Å². The molecular formula is C4H4I2O. The van der Waals surface area contributed by atoms with Gasteiger partial charge in [0.2, 0.25) is 3.79 Å². The van der Waals surface area contributed by atoms with Crippen LogP contribution in [-0.2, 0) is 4.79 Å². The molecule has 0 aromatic heterocycles. The van der Waals surface area contributed by atoms with E-state index in [1.165, 1.54) is 0 Å². The number of hydrogen-bond donors (Lipinski definition) is 0. The van der Waals surface area contributed by atoms with Gasteiger partial charge < -0.3 is 0 Å². The molecule has 0 spiro atoms. The van der Waals surface area contributed by atoms with Crippen LogP contribution in [0.15, 0.2) is 0 Å². The first-order chi connectivity index (χ1) is 3.15. The highest BCUT2D eigenvalue weighted by Gasteiger charge is 2.45. The molecule has 3 heteroatoms. The highest BCUT2D eigenvalue weighted by molar-refractivity contribution is 14.1. The van der Waals surface area contributed by atoms with Crippen molar-refractivity contribution in [3.63, 3.8) is 0 Å². The van der Waals surface area contributed by atoms with Crippen molar-refractivity contribution < 1.29 is 4.79 Å². The van der Waals surface area contributed by atoms with Gasteiger partial charge in [-0.3, -0.25) is 4.79 Å². The SMILES string of the molecule is O=C(I)C1(I)CC1. The third-order valence-electron chi connectivity index (χ3n) is 1.04. The Hall–Kier alpha value is 1.13.